The van der Waals surface area contributed by atoms with E-state index in [0.717, 1.165) is 31.6 Å². The summed E-state index contributed by atoms with van der Waals surface area (Å²) in [4.78, 5) is 0. The van der Waals surface area contributed by atoms with Gasteiger partial charge in [-0.25, -0.2) is 4.39 Å². The summed E-state index contributed by atoms with van der Waals surface area (Å²) in [6, 6.07) is 6.46. The van der Waals surface area contributed by atoms with Crippen LogP contribution in [0.15, 0.2) is 24.3 Å². The summed E-state index contributed by atoms with van der Waals surface area (Å²) in [5.41, 5.74) is 6.38. The third-order valence-electron chi connectivity index (χ3n) is 2.30. The molecule has 3 N–H and O–H groups in total. The zero-order valence-corrected chi connectivity index (χ0v) is 9.01. The molecule has 0 amide bonds. The monoisotopic (exact) mass is 210 g/mol. The van der Waals surface area contributed by atoms with Crippen molar-refractivity contribution in [1.29, 1.82) is 0 Å². The van der Waals surface area contributed by atoms with Crippen molar-refractivity contribution in [3.05, 3.63) is 30.1 Å². The number of benzene rings is 1. The minimum atomic E-state index is -0.191. The van der Waals surface area contributed by atoms with Crippen LogP contribution >= 0.6 is 0 Å². The molecule has 0 aliphatic heterocycles. The lowest BCUT2D eigenvalue weighted by molar-refractivity contribution is 0.628. The molecule has 2 nitrogen and oxygen atoms in total. The molecule has 84 valence electrons. The highest BCUT2D eigenvalue weighted by Gasteiger charge is 1.92. The van der Waals surface area contributed by atoms with Crippen molar-refractivity contribution in [2.45, 2.75) is 25.7 Å². The van der Waals surface area contributed by atoms with E-state index < -0.39 is 0 Å². The molecule has 1 rings (SSSR count). The van der Waals surface area contributed by atoms with Gasteiger partial charge in [0.1, 0.15) is 5.82 Å². The summed E-state index contributed by atoms with van der Waals surface area (Å²) < 4.78 is 12.6. The molecule has 0 aliphatic carbocycles. The van der Waals surface area contributed by atoms with Gasteiger partial charge in [0.2, 0.25) is 0 Å². The Labute approximate surface area is 90.7 Å². The van der Waals surface area contributed by atoms with Gasteiger partial charge in [-0.1, -0.05) is 12.8 Å². The maximum atomic E-state index is 12.6. The van der Waals surface area contributed by atoms with Gasteiger partial charge in [0.05, 0.1) is 0 Å². The number of hydrogen-bond donors (Lipinski definition) is 2. The van der Waals surface area contributed by atoms with E-state index in [-0.39, 0.29) is 5.82 Å². The number of rotatable bonds is 7. The highest BCUT2D eigenvalue weighted by Crippen LogP contribution is 2.08. The van der Waals surface area contributed by atoms with Crippen LogP contribution in [-0.2, 0) is 0 Å². The summed E-state index contributed by atoms with van der Waals surface area (Å²) >= 11 is 0. The van der Waals surface area contributed by atoms with Gasteiger partial charge < -0.3 is 11.1 Å². The van der Waals surface area contributed by atoms with Crippen LogP contribution in [0.4, 0.5) is 10.1 Å². The van der Waals surface area contributed by atoms with Crippen molar-refractivity contribution in [3.63, 3.8) is 0 Å². The molecule has 0 unspecified atom stereocenters. The first-order valence-corrected chi connectivity index (χ1v) is 5.52. The topological polar surface area (TPSA) is 38.0 Å². The molecule has 0 radical (unpaired) electrons. The lowest BCUT2D eigenvalue weighted by Gasteiger charge is -2.05. The van der Waals surface area contributed by atoms with Gasteiger partial charge in [0, 0.05) is 12.2 Å². The van der Waals surface area contributed by atoms with Gasteiger partial charge in [-0.2, -0.15) is 0 Å². The molecular formula is C12H19FN2. The van der Waals surface area contributed by atoms with Gasteiger partial charge in [-0.3, -0.25) is 0 Å². The minimum Gasteiger partial charge on any atom is -0.385 e. The molecule has 15 heavy (non-hydrogen) atoms. The highest BCUT2D eigenvalue weighted by molar-refractivity contribution is 5.42. The first-order valence-electron chi connectivity index (χ1n) is 5.52. The molecule has 0 fully saturated rings. The maximum absolute atomic E-state index is 12.6. The fraction of sp³-hybridized carbons (Fsp3) is 0.500. The second kappa shape index (κ2) is 7.23. The smallest absolute Gasteiger partial charge is 0.123 e. The molecule has 0 bridgehead atoms. The number of nitrogens with two attached hydrogens (primary N) is 1. The number of nitrogens with one attached hydrogen (secondary N) is 1. The molecule has 0 saturated heterocycles. The summed E-state index contributed by atoms with van der Waals surface area (Å²) in [5, 5.41) is 3.25. The number of anilines is 1. The quantitative estimate of drug-likeness (QED) is 0.679. The van der Waals surface area contributed by atoms with Gasteiger partial charge in [-0.15, -0.1) is 0 Å². The predicted molar refractivity (Wildman–Crippen MR) is 62.4 cm³/mol. The Morgan fingerprint density at radius 1 is 1.00 bits per heavy atom. The van der Waals surface area contributed by atoms with Crippen molar-refractivity contribution in [2.75, 3.05) is 18.4 Å². The van der Waals surface area contributed by atoms with Gasteiger partial charge in [-0.05, 0) is 43.7 Å². The van der Waals surface area contributed by atoms with Crippen molar-refractivity contribution in [2.24, 2.45) is 5.73 Å². The normalized spacial score (nSPS) is 10.3. The Morgan fingerprint density at radius 3 is 2.33 bits per heavy atom. The Hall–Kier alpha value is -1.09. The summed E-state index contributed by atoms with van der Waals surface area (Å²) in [7, 11) is 0. The van der Waals surface area contributed by atoms with Crippen LogP contribution in [0.3, 0.4) is 0 Å². The Bertz CT molecular complexity index is 259. The fourth-order valence-corrected chi connectivity index (χ4v) is 1.42. The van der Waals surface area contributed by atoms with Crippen LogP contribution in [0.25, 0.3) is 0 Å². The second-order valence-electron chi connectivity index (χ2n) is 3.64. The van der Waals surface area contributed by atoms with Crippen LogP contribution in [0.5, 0.6) is 0 Å². The van der Waals surface area contributed by atoms with E-state index in [1.54, 1.807) is 12.1 Å². The average molecular weight is 210 g/mol. The van der Waals surface area contributed by atoms with E-state index in [9.17, 15) is 4.39 Å². The molecule has 0 saturated carbocycles. The van der Waals surface area contributed by atoms with E-state index >= 15 is 0 Å². The van der Waals surface area contributed by atoms with E-state index in [0.29, 0.717) is 0 Å². The highest BCUT2D eigenvalue weighted by atomic mass is 19.1. The lowest BCUT2D eigenvalue weighted by Crippen LogP contribution is -2.02. The average Bonchev–Trinajstić information content (AvgIpc) is 2.26. The first kappa shape index (κ1) is 12.0. The Morgan fingerprint density at radius 2 is 1.67 bits per heavy atom. The van der Waals surface area contributed by atoms with Crippen LogP contribution in [0, 0.1) is 5.82 Å². The number of unbranched alkanes of at least 4 members (excludes halogenated alkanes) is 3. The third kappa shape index (κ3) is 5.37. The zero-order chi connectivity index (χ0) is 10.9. The van der Waals surface area contributed by atoms with Crippen LogP contribution in [0.2, 0.25) is 0 Å². The molecule has 1 aromatic rings. The van der Waals surface area contributed by atoms with E-state index in [4.69, 9.17) is 5.73 Å². The summed E-state index contributed by atoms with van der Waals surface area (Å²) in [5.74, 6) is -0.191. The maximum Gasteiger partial charge on any atom is 0.123 e. The van der Waals surface area contributed by atoms with Gasteiger partial charge >= 0.3 is 0 Å². The van der Waals surface area contributed by atoms with Crippen molar-refractivity contribution in [3.8, 4) is 0 Å². The molecule has 0 spiro atoms. The summed E-state index contributed by atoms with van der Waals surface area (Å²) in [6.45, 7) is 1.72. The Balaban J connectivity index is 2.07. The van der Waals surface area contributed by atoms with E-state index in [1.807, 2.05) is 0 Å². The lowest BCUT2D eigenvalue weighted by atomic mass is 10.2. The van der Waals surface area contributed by atoms with Crippen molar-refractivity contribution >= 4 is 5.69 Å². The molecular weight excluding hydrogens is 191 g/mol. The van der Waals surface area contributed by atoms with Gasteiger partial charge in [0.25, 0.3) is 0 Å². The molecule has 0 heterocycles. The largest absolute Gasteiger partial charge is 0.385 e. The van der Waals surface area contributed by atoms with Crippen LogP contribution in [-0.4, -0.2) is 13.1 Å². The van der Waals surface area contributed by atoms with E-state index in [2.05, 4.69) is 5.32 Å². The zero-order valence-electron chi connectivity index (χ0n) is 9.01. The van der Waals surface area contributed by atoms with Gasteiger partial charge in [0.15, 0.2) is 0 Å². The molecule has 0 atom stereocenters. The van der Waals surface area contributed by atoms with E-state index in [1.165, 1.54) is 25.0 Å². The number of halogens is 1. The standard InChI is InChI=1S/C12H19FN2/c13-11-5-7-12(8-6-11)15-10-4-2-1-3-9-14/h5-8,15H,1-4,9-10,14H2. The van der Waals surface area contributed by atoms with Crippen molar-refractivity contribution < 1.29 is 4.39 Å². The fourth-order valence-electron chi connectivity index (χ4n) is 1.42. The first-order chi connectivity index (χ1) is 7.33. The second-order valence-corrected chi connectivity index (χ2v) is 3.64. The van der Waals surface area contributed by atoms with Crippen LogP contribution in [0.1, 0.15) is 25.7 Å². The Kier molecular flexibility index (Phi) is 5.78. The van der Waals surface area contributed by atoms with Crippen LogP contribution < -0.4 is 11.1 Å². The van der Waals surface area contributed by atoms with Crippen molar-refractivity contribution in [1.82, 2.24) is 0 Å². The minimum absolute atomic E-state index is 0.191. The third-order valence-corrected chi connectivity index (χ3v) is 2.30. The number of hydrogen-bond acceptors (Lipinski definition) is 2. The molecule has 1 aromatic carbocycles. The molecule has 3 heteroatoms. The molecule has 0 aliphatic rings. The SMILES string of the molecule is NCCCCCCNc1ccc(F)cc1. The summed E-state index contributed by atoms with van der Waals surface area (Å²) in [6.07, 6.45) is 4.64. The molecule has 0 aromatic heterocycles. The predicted octanol–water partition coefficient (Wildman–Crippen LogP) is 2.76.